The fourth-order valence-corrected chi connectivity index (χ4v) is 4.14. The Labute approximate surface area is 195 Å². The van der Waals surface area contributed by atoms with E-state index in [2.05, 4.69) is 5.32 Å². The molecule has 0 saturated carbocycles. The van der Waals surface area contributed by atoms with E-state index in [0.29, 0.717) is 0 Å². The molecule has 2 aromatic carbocycles. The SMILES string of the molecule is CC.Cc1cccc(SC2OC(CO)C(O)O[C@H]2CN/C=C(\N)c2cc(F)c(F)c(F)c2)c1. The van der Waals surface area contributed by atoms with E-state index in [0.717, 1.165) is 22.6 Å². The van der Waals surface area contributed by atoms with Gasteiger partial charge in [-0.05, 0) is 31.2 Å². The third-order valence-corrected chi connectivity index (χ3v) is 5.73. The minimum absolute atomic E-state index is 0.0220. The predicted molar refractivity (Wildman–Crippen MR) is 121 cm³/mol. The number of nitrogens with one attached hydrogen (secondary N) is 1. The summed E-state index contributed by atoms with van der Waals surface area (Å²) in [5.74, 6) is -4.26. The highest BCUT2D eigenvalue weighted by atomic mass is 32.2. The normalized spacial score (nSPS) is 23.0. The van der Waals surface area contributed by atoms with Crippen LogP contribution in [0, 0.1) is 24.4 Å². The summed E-state index contributed by atoms with van der Waals surface area (Å²) in [7, 11) is 0. The summed E-state index contributed by atoms with van der Waals surface area (Å²) in [6, 6.07) is 9.30. The molecule has 0 amide bonds. The van der Waals surface area contributed by atoms with Gasteiger partial charge in [-0.25, -0.2) is 13.2 Å². The van der Waals surface area contributed by atoms with E-state index in [1.807, 2.05) is 45.0 Å². The van der Waals surface area contributed by atoms with Crippen LogP contribution in [0.2, 0.25) is 0 Å². The Kier molecular flexibility index (Phi) is 10.5. The molecule has 0 bridgehead atoms. The molecule has 1 aliphatic rings. The maximum Gasteiger partial charge on any atom is 0.194 e. The van der Waals surface area contributed by atoms with Crippen molar-refractivity contribution in [3.05, 3.63) is 71.2 Å². The van der Waals surface area contributed by atoms with E-state index in [1.54, 1.807) is 0 Å². The first kappa shape index (κ1) is 27.0. The number of hydrogen-bond acceptors (Lipinski definition) is 7. The van der Waals surface area contributed by atoms with Gasteiger partial charge >= 0.3 is 0 Å². The zero-order valence-corrected chi connectivity index (χ0v) is 19.4. The lowest BCUT2D eigenvalue weighted by Gasteiger charge is -2.38. The van der Waals surface area contributed by atoms with Crippen LogP contribution in [0.5, 0.6) is 0 Å². The van der Waals surface area contributed by atoms with E-state index in [4.69, 9.17) is 15.2 Å². The van der Waals surface area contributed by atoms with Crippen molar-refractivity contribution in [1.29, 1.82) is 0 Å². The lowest BCUT2D eigenvalue weighted by atomic mass is 10.1. The van der Waals surface area contributed by atoms with Crippen LogP contribution in [0.3, 0.4) is 0 Å². The fourth-order valence-electron chi connectivity index (χ4n) is 2.95. The second-order valence-electron chi connectivity index (χ2n) is 6.99. The molecule has 3 unspecified atom stereocenters. The Morgan fingerprint density at radius 3 is 2.39 bits per heavy atom. The quantitative estimate of drug-likeness (QED) is 0.445. The number of benzene rings is 2. The standard InChI is InChI=1S/C21H23F3N2O4S.C2H6/c1-11-3-2-4-13(5-11)31-21-17(29-20(28)18(10-27)30-21)9-26-8-16(25)12-6-14(22)19(24)15(23)7-12;1-2/h2-8,17-18,20-21,26-28H,9-10,25H2,1H3;1-2H3/b16-8-;/t17-,18?,20?,21?;/m0./s1. The highest BCUT2D eigenvalue weighted by molar-refractivity contribution is 7.99. The van der Waals surface area contributed by atoms with Crippen molar-refractivity contribution >= 4 is 17.5 Å². The summed E-state index contributed by atoms with van der Waals surface area (Å²) in [5, 5.41) is 22.3. The van der Waals surface area contributed by atoms with Crippen molar-refractivity contribution in [2.75, 3.05) is 13.2 Å². The topological polar surface area (TPSA) is 97.0 Å². The van der Waals surface area contributed by atoms with E-state index in [-0.39, 0.29) is 17.8 Å². The molecule has 3 rings (SSSR count). The van der Waals surface area contributed by atoms with E-state index in [9.17, 15) is 23.4 Å². The highest BCUT2D eigenvalue weighted by Gasteiger charge is 2.38. The maximum absolute atomic E-state index is 13.4. The molecule has 5 N–H and O–H groups in total. The molecule has 0 spiro atoms. The first-order valence-electron chi connectivity index (χ1n) is 10.5. The van der Waals surface area contributed by atoms with Gasteiger partial charge in [-0.1, -0.05) is 43.3 Å². The third-order valence-electron chi connectivity index (χ3n) is 4.56. The molecule has 0 aromatic heterocycles. The zero-order chi connectivity index (χ0) is 24.5. The van der Waals surface area contributed by atoms with E-state index in [1.165, 1.54) is 18.0 Å². The third kappa shape index (κ3) is 7.38. The smallest absolute Gasteiger partial charge is 0.194 e. The van der Waals surface area contributed by atoms with Gasteiger partial charge in [-0.3, -0.25) is 0 Å². The van der Waals surface area contributed by atoms with Crippen LogP contribution in [0.1, 0.15) is 25.0 Å². The molecule has 182 valence electrons. The second-order valence-corrected chi connectivity index (χ2v) is 8.16. The van der Waals surface area contributed by atoms with Crippen LogP contribution in [0.4, 0.5) is 13.2 Å². The van der Waals surface area contributed by atoms with Gasteiger partial charge in [0.25, 0.3) is 0 Å². The van der Waals surface area contributed by atoms with Gasteiger partial charge in [0.2, 0.25) is 0 Å². The zero-order valence-electron chi connectivity index (χ0n) is 18.6. The number of thioether (sulfide) groups is 1. The average Bonchev–Trinajstić information content (AvgIpc) is 2.80. The van der Waals surface area contributed by atoms with Gasteiger partial charge in [-0.15, -0.1) is 0 Å². The summed E-state index contributed by atoms with van der Waals surface area (Å²) in [6.07, 6.45) is -1.57. The van der Waals surface area contributed by atoms with Crippen molar-refractivity contribution in [2.45, 2.75) is 49.6 Å². The van der Waals surface area contributed by atoms with Gasteiger partial charge in [0.05, 0.1) is 12.3 Å². The number of aliphatic hydroxyl groups excluding tert-OH is 2. The lowest BCUT2D eigenvalue weighted by Crippen LogP contribution is -2.52. The molecule has 10 heteroatoms. The van der Waals surface area contributed by atoms with Crippen LogP contribution in [-0.2, 0) is 9.47 Å². The number of hydrogen-bond donors (Lipinski definition) is 4. The van der Waals surface area contributed by atoms with Crippen molar-refractivity contribution in [3.63, 3.8) is 0 Å². The monoisotopic (exact) mass is 486 g/mol. The Morgan fingerprint density at radius 2 is 1.79 bits per heavy atom. The molecule has 1 heterocycles. The second kappa shape index (κ2) is 12.9. The minimum Gasteiger partial charge on any atom is -0.397 e. The number of aryl methyl sites for hydroxylation is 1. The molecule has 1 aliphatic heterocycles. The van der Waals surface area contributed by atoms with Gasteiger partial charge < -0.3 is 30.7 Å². The van der Waals surface area contributed by atoms with Gasteiger partial charge in [0.1, 0.15) is 17.6 Å². The molecule has 0 aliphatic carbocycles. The van der Waals surface area contributed by atoms with Crippen molar-refractivity contribution in [1.82, 2.24) is 5.32 Å². The number of nitrogens with two attached hydrogens (primary N) is 1. The van der Waals surface area contributed by atoms with E-state index < -0.39 is 48.0 Å². The summed E-state index contributed by atoms with van der Waals surface area (Å²) in [4.78, 5) is 0.916. The Balaban J connectivity index is 0.00000187. The largest absolute Gasteiger partial charge is 0.397 e. The Bertz CT molecular complexity index is 925. The lowest BCUT2D eigenvalue weighted by molar-refractivity contribution is -0.270. The number of aliphatic hydroxyl groups is 2. The predicted octanol–water partition coefficient (Wildman–Crippen LogP) is 3.50. The van der Waals surface area contributed by atoms with Crippen LogP contribution in [0.25, 0.3) is 5.70 Å². The van der Waals surface area contributed by atoms with Crippen LogP contribution in [-0.4, -0.2) is 47.3 Å². The molecule has 33 heavy (non-hydrogen) atoms. The van der Waals surface area contributed by atoms with Gasteiger partial charge in [-0.2, -0.15) is 0 Å². The van der Waals surface area contributed by atoms with E-state index >= 15 is 0 Å². The average molecular weight is 487 g/mol. The first-order valence-corrected chi connectivity index (χ1v) is 11.3. The molecule has 1 saturated heterocycles. The molecular formula is C23H29F3N2O4S. The minimum atomic E-state index is -1.57. The number of halogens is 3. The van der Waals surface area contributed by atoms with Crippen LogP contribution < -0.4 is 11.1 Å². The Hall–Kier alpha value is -2.24. The molecule has 0 radical (unpaired) electrons. The van der Waals surface area contributed by atoms with Gasteiger partial charge in [0, 0.05) is 23.2 Å². The van der Waals surface area contributed by atoms with Crippen molar-refractivity contribution in [2.24, 2.45) is 5.73 Å². The molecule has 4 atom stereocenters. The van der Waals surface area contributed by atoms with Gasteiger partial charge in [0.15, 0.2) is 23.7 Å². The molecule has 6 nitrogen and oxygen atoms in total. The molecular weight excluding hydrogens is 457 g/mol. The highest BCUT2D eigenvalue weighted by Crippen LogP contribution is 2.33. The van der Waals surface area contributed by atoms with Crippen molar-refractivity contribution in [3.8, 4) is 0 Å². The maximum atomic E-state index is 13.4. The van der Waals surface area contributed by atoms with Crippen LogP contribution in [0.15, 0.2) is 47.5 Å². The molecule has 1 fully saturated rings. The summed E-state index contributed by atoms with van der Waals surface area (Å²) < 4.78 is 51.3. The number of rotatable bonds is 7. The summed E-state index contributed by atoms with van der Waals surface area (Å²) >= 11 is 1.37. The molecule has 2 aromatic rings. The number of ether oxygens (including phenoxy) is 2. The summed E-state index contributed by atoms with van der Waals surface area (Å²) in [6.45, 7) is 5.67. The van der Waals surface area contributed by atoms with Crippen molar-refractivity contribution < 1.29 is 32.9 Å². The summed E-state index contributed by atoms with van der Waals surface area (Å²) in [5.41, 5.74) is 6.27. The fraction of sp³-hybridized carbons (Fsp3) is 0.391. The van der Waals surface area contributed by atoms with Crippen LogP contribution >= 0.6 is 11.8 Å². The Morgan fingerprint density at radius 1 is 1.12 bits per heavy atom. The first-order chi connectivity index (χ1) is 15.8.